The molecular formula is C14H22FNO2. The van der Waals surface area contributed by atoms with Crippen LogP contribution in [0.25, 0.3) is 0 Å². The minimum atomic E-state index is -0.376. The minimum absolute atomic E-state index is 0.137. The fraction of sp³-hybridized carbons (Fsp3) is 0.571. The van der Waals surface area contributed by atoms with Gasteiger partial charge in [0.05, 0.1) is 13.2 Å². The van der Waals surface area contributed by atoms with Crippen LogP contribution in [0.2, 0.25) is 0 Å². The normalized spacial score (nSPS) is 14.3. The highest BCUT2D eigenvalue weighted by Gasteiger charge is 2.12. The summed E-state index contributed by atoms with van der Waals surface area (Å²) in [5, 5.41) is 12.8. The number of aliphatic hydroxyl groups is 1. The number of hydrogen-bond donors (Lipinski definition) is 2. The van der Waals surface area contributed by atoms with Crippen molar-refractivity contribution in [2.24, 2.45) is 0 Å². The van der Waals surface area contributed by atoms with Gasteiger partial charge in [-0.1, -0.05) is 19.4 Å². The van der Waals surface area contributed by atoms with Gasteiger partial charge in [0.15, 0.2) is 0 Å². The first kappa shape index (κ1) is 14.9. The second-order valence-electron chi connectivity index (χ2n) is 4.46. The second-order valence-corrected chi connectivity index (χ2v) is 4.46. The third-order valence-corrected chi connectivity index (χ3v) is 2.96. The van der Waals surface area contributed by atoms with E-state index in [1.165, 1.54) is 13.2 Å². The molecule has 0 spiro atoms. The Morgan fingerprint density at radius 1 is 1.44 bits per heavy atom. The summed E-state index contributed by atoms with van der Waals surface area (Å²) < 4.78 is 18.7. The maximum absolute atomic E-state index is 13.8. The van der Waals surface area contributed by atoms with E-state index in [1.807, 2.05) is 13.8 Å². The molecule has 2 unspecified atom stereocenters. The summed E-state index contributed by atoms with van der Waals surface area (Å²) in [6.07, 6.45) is 1.32. The highest BCUT2D eigenvalue weighted by molar-refractivity contribution is 5.30. The van der Waals surface area contributed by atoms with Crippen LogP contribution in [0.5, 0.6) is 5.75 Å². The van der Waals surface area contributed by atoms with E-state index in [2.05, 4.69) is 5.32 Å². The van der Waals surface area contributed by atoms with Crippen molar-refractivity contribution in [2.45, 2.75) is 38.8 Å². The Morgan fingerprint density at radius 3 is 2.72 bits per heavy atom. The van der Waals surface area contributed by atoms with E-state index in [4.69, 9.17) is 4.74 Å². The van der Waals surface area contributed by atoms with Crippen LogP contribution in [0.1, 0.15) is 38.3 Å². The Balaban J connectivity index is 2.58. The number of nitrogens with one attached hydrogen (secondary N) is 1. The molecule has 0 amide bonds. The molecule has 0 saturated carbocycles. The van der Waals surface area contributed by atoms with Crippen LogP contribution >= 0.6 is 0 Å². The van der Waals surface area contributed by atoms with Gasteiger partial charge in [-0.2, -0.15) is 0 Å². The van der Waals surface area contributed by atoms with Crippen LogP contribution in [0.4, 0.5) is 4.39 Å². The summed E-state index contributed by atoms with van der Waals surface area (Å²) in [4.78, 5) is 0. The van der Waals surface area contributed by atoms with Gasteiger partial charge in [-0.15, -0.1) is 0 Å². The van der Waals surface area contributed by atoms with Crippen LogP contribution in [0.15, 0.2) is 18.2 Å². The van der Waals surface area contributed by atoms with Crippen molar-refractivity contribution in [1.29, 1.82) is 0 Å². The molecule has 4 heteroatoms. The first-order chi connectivity index (χ1) is 8.58. The number of methoxy groups -OCH3 is 1. The van der Waals surface area contributed by atoms with Crippen LogP contribution in [0.3, 0.4) is 0 Å². The number of benzene rings is 1. The van der Waals surface area contributed by atoms with E-state index in [0.29, 0.717) is 17.9 Å². The van der Waals surface area contributed by atoms with E-state index < -0.39 is 0 Å². The molecule has 3 nitrogen and oxygen atoms in total. The first-order valence-electron chi connectivity index (χ1n) is 6.33. The smallest absolute Gasteiger partial charge is 0.131 e. The van der Waals surface area contributed by atoms with Crippen LogP contribution < -0.4 is 10.1 Å². The van der Waals surface area contributed by atoms with Gasteiger partial charge in [0, 0.05) is 24.2 Å². The molecule has 102 valence electrons. The predicted molar refractivity (Wildman–Crippen MR) is 70.3 cm³/mol. The molecule has 0 aromatic heterocycles. The summed E-state index contributed by atoms with van der Waals surface area (Å²) >= 11 is 0. The standard InChI is InChI=1S/C14H22FNO2/c1-4-5-11(17)9-16-10(2)13-7-6-12(18-3)8-14(13)15/h6-8,10-11,16-17H,4-5,9H2,1-3H3. The summed E-state index contributed by atoms with van der Waals surface area (Å²) in [5.41, 5.74) is 0.583. The summed E-state index contributed by atoms with van der Waals surface area (Å²) in [6, 6.07) is 4.68. The number of hydrogen-bond acceptors (Lipinski definition) is 3. The predicted octanol–water partition coefficient (Wildman–Crippen LogP) is 2.65. The van der Waals surface area contributed by atoms with Gasteiger partial charge in [0.1, 0.15) is 11.6 Å². The summed E-state index contributed by atoms with van der Waals surface area (Å²) in [5.74, 6) is 0.216. The second kappa shape index (κ2) is 7.34. The van der Waals surface area contributed by atoms with E-state index >= 15 is 0 Å². The van der Waals surface area contributed by atoms with Gasteiger partial charge in [-0.3, -0.25) is 0 Å². The van der Waals surface area contributed by atoms with Crippen LogP contribution in [-0.2, 0) is 0 Å². The molecule has 1 rings (SSSR count). The molecule has 0 radical (unpaired) electrons. The molecule has 0 bridgehead atoms. The first-order valence-corrected chi connectivity index (χ1v) is 6.33. The monoisotopic (exact) mass is 255 g/mol. The van der Waals surface area contributed by atoms with Crippen molar-refractivity contribution in [3.05, 3.63) is 29.6 Å². The van der Waals surface area contributed by atoms with Crippen molar-refractivity contribution in [1.82, 2.24) is 5.32 Å². The van der Waals surface area contributed by atoms with E-state index in [1.54, 1.807) is 12.1 Å². The highest BCUT2D eigenvalue weighted by Crippen LogP contribution is 2.21. The Bertz CT molecular complexity index is 371. The van der Waals surface area contributed by atoms with E-state index in [9.17, 15) is 9.50 Å². The topological polar surface area (TPSA) is 41.5 Å². The van der Waals surface area contributed by atoms with Gasteiger partial charge < -0.3 is 15.2 Å². The Morgan fingerprint density at radius 2 is 2.17 bits per heavy atom. The Labute approximate surface area is 108 Å². The molecule has 1 aromatic carbocycles. The molecule has 0 heterocycles. The number of halogens is 1. The molecule has 0 aliphatic carbocycles. The van der Waals surface area contributed by atoms with Crippen molar-refractivity contribution in [3.63, 3.8) is 0 Å². The third kappa shape index (κ3) is 4.27. The van der Waals surface area contributed by atoms with Gasteiger partial charge in [0.25, 0.3) is 0 Å². The minimum Gasteiger partial charge on any atom is -0.497 e. The largest absolute Gasteiger partial charge is 0.497 e. The van der Waals surface area contributed by atoms with Crippen LogP contribution in [0, 0.1) is 5.82 Å². The quantitative estimate of drug-likeness (QED) is 0.787. The van der Waals surface area contributed by atoms with E-state index in [0.717, 1.165) is 12.8 Å². The third-order valence-electron chi connectivity index (χ3n) is 2.96. The molecular weight excluding hydrogens is 233 g/mol. The average Bonchev–Trinajstić information content (AvgIpc) is 2.36. The maximum atomic E-state index is 13.8. The van der Waals surface area contributed by atoms with Crippen molar-refractivity contribution < 1.29 is 14.2 Å². The fourth-order valence-corrected chi connectivity index (χ4v) is 1.84. The van der Waals surface area contributed by atoms with Gasteiger partial charge >= 0.3 is 0 Å². The number of aliphatic hydroxyl groups excluding tert-OH is 1. The molecule has 2 N–H and O–H groups in total. The zero-order chi connectivity index (χ0) is 13.5. The van der Waals surface area contributed by atoms with Gasteiger partial charge in [-0.05, 0) is 19.4 Å². The molecule has 18 heavy (non-hydrogen) atoms. The zero-order valence-corrected chi connectivity index (χ0v) is 11.2. The lowest BCUT2D eigenvalue weighted by molar-refractivity contribution is 0.157. The lowest BCUT2D eigenvalue weighted by Gasteiger charge is -2.18. The lowest BCUT2D eigenvalue weighted by Crippen LogP contribution is -2.29. The van der Waals surface area contributed by atoms with Crippen LogP contribution in [-0.4, -0.2) is 24.9 Å². The molecule has 0 aliphatic rings. The van der Waals surface area contributed by atoms with Crippen molar-refractivity contribution in [3.8, 4) is 5.75 Å². The van der Waals surface area contributed by atoms with Gasteiger partial charge in [-0.25, -0.2) is 4.39 Å². The Hall–Kier alpha value is -1.13. The molecule has 2 atom stereocenters. The molecule has 0 aliphatic heterocycles. The van der Waals surface area contributed by atoms with Crippen molar-refractivity contribution in [2.75, 3.05) is 13.7 Å². The average molecular weight is 255 g/mol. The van der Waals surface area contributed by atoms with Gasteiger partial charge in [0.2, 0.25) is 0 Å². The fourth-order valence-electron chi connectivity index (χ4n) is 1.84. The number of ether oxygens (including phenoxy) is 1. The maximum Gasteiger partial charge on any atom is 0.131 e. The summed E-state index contributed by atoms with van der Waals surface area (Å²) in [6.45, 7) is 4.37. The highest BCUT2D eigenvalue weighted by atomic mass is 19.1. The molecule has 0 saturated heterocycles. The summed E-state index contributed by atoms with van der Waals surface area (Å²) in [7, 11) is 1.51. The zero-order valence-electron chi connectivity index (χ0n) is 11.2. The Kier molecular flexibility index (Phi) is 6.09. The molecule has 1 aromatic rings. The van der Waals surface area contributed by atoms with Crippen molar-refractivity contribution >= 4 is 0 Å². The lowest BCUT2D eigenvalue weighted by atomic mass is 10.1. The number of rotatable bonds is 7. The van der Waals surface area contributed by atoms with E-state index in [-0.39, 0.29) is 18.0 Å². The SMILES string of the molecule is CCCC(O)CNC(C)c1ccc(OC)cc1F. The molecule has 0 fully saturated rings.